The first-order valence-electron chi connectivity index (χ1n) is 10.8. The Hall–Kier alpha value is -2.97. The van der Waals surface area contributed by atoms with Gasteiger partial charge in [-0.25, -0.2) is 9.50 Å². The molecule has 1 unspecified atom stereocenters. The summed E-state index contributed by atoms with van der Waals surface area (Å²) in [5.41, 5.74) is 3.09. The lowest BCUT2D eigenvalue weighted by molar-refractivity contribution is 0.0286. The monoisotopic (exact) mass is 421 g/mol. The van der Waals surface area contributed by atoms with Gasteiger partial charge in [0.2, 0.25) is 0 Å². The van der Waals surface area contributed by atoms with Gasteiger partial charge in [0, 0.05) is 18.3 Å². The summed E-state index contributed by atoms with van der Waals surface area (Å²) >= 11 is 0. The van der Waals surface area contributed by atoms with Crippen LogP contribution in [0.15, 0.2) is 42.9 Å². The normalized spacial score (nSPS) is 23.8. The number of benzene rings is 1. The molecule has 3 N–H and O–H groups in total. The number of aromatic nitrogens is 3. The van der Waals surface area contributed by atoms with Gasteiger partial charge in [0.15, 0.2) is 5.82 Å². The maximum Gasteiger partial charge on any atom is 0.256 e. The topological polar surface area (TPSA) is 103 Å². The number of carbonyl (C=O) groups is 1. The van der Waals surface area contributed by atoms with E-state index in [1.54, 1.807) is 10.7 Å². The Morgan fingerprint density at radius 2 is 1.94 bits per heavy atom. The van der Waals surface area contributed by atoms with Gasteiger partial charge < -0.3 is 20.4 Å². The maximum absolute atomic E-state index is 13.5. The highest BCUT2D eigenvalue weighted by Crippen LogP contribution is 2.38. The molecule has 8 heteroatoms. The highest BCUT2D eigenvalue weighted by molar-refractivity contribution is 5.99. The van der Waals surface area contributed by atoms with Crippen LogP contribution in [0.3, 0.4) is 0 Å². The van der Waals surface area contributed by atoms with Gasteiger partial charge in [0.1, 0.15) is 11.8 Å². The molecule has 2 fully saturated rings. The smallest absolute Gasteiger partial charge is 0.256 e. The molecule has 4 heterocycles. The average molecular weight is 422 g/mol. The molecule has 1 aromatic carbocycles. The van der Waals surface area contributed by atoms with Gasteiger partial charge in [-0.1, -0.05) is 30.3 Å². The van der Waals surface area contributed by atoms with Gasteiger partial charge in [-0.15, -0.1) is 0 Å². The molecule has 2 aromatic heterocycles. The van der Waals surface area contributed by atoms with Crippen LogP contribution in [0.5, 0.6) is 0 Å². The fourth-order valence-corrected chi connectivity index (χ4v) is 5.19. The van der Waals surface area contributed by atoms with Crippen LogP contribution in [-0.2, 0) is 0 Å². The summed E-state index contributed by atoms with van der Waals surface area (Å²) in [6.07, 6.45) is 6.09. The predicted molar refractivity (Wildman–Crippen MR) is 116 cm³/mol. The van der Waals surface area contributed by atoms with Crippen molar-refractivity contribution in [2.45, 2.75) is 56.8 Å². The number of anilines is 1. The van der Waals surface area contributed by atoms with Gasteiger partial charge in [-0.2, -0.15) is 5.10 Å². The molecule has 162 valence electrons. The van der Waals surface area contributed by atoms with E-state index >= 15 is 0 Å². The number of fused-ring (bicyclic) bond motifs is 3. The molecular weight excluding hydrogens is 394 g/mol. The molecule has 2 aliphatic rings. The standard InChI is InChI=1S/C23H27N5O3/c1-14-19(23(31)28-16-7-8-17(28)10-18(30)9-16)11-27-21(14)22(24-13-25-27)26-20(12-29)15-5-3-2-4-6-15/h2-6,11,13,16-18,20,29-30H,7-10,12H2,1H3,(H,24,25,26)/t16-,17+,18?,20-/m1/s1. The lowest BCUT2D eigenvalue weighted by Gasteiger charge is -2.37. The van der Waals surface area contributed by atoms with E-state index in [1.807, 2.05) is 42.2 Å². The number of nitrogens with one attached hydrogen (secondary N) is 1. The third-order valence-electron chi connectivity index (χ3n) is 6.70. The second-order valence-corrected chi connectivity index (χ2v) is 8.58. The molecule has 0 saturated carbocycles. The first-order chi connectivity index (χ1) is 15.1. The molecule has 2 saturated heterocycles. The molecule has 1 amide bonds. The van der Waals surface area contributed by atoms with Crippen molar-refractivity contribution in [1.82, 2.24) is 19.5 Å². The van der Waals surface area contributed by atoms with E-state index in [2.05, 4.69) is 15.4 Å². The van der Waals surface area contributed by atoms with Crippen molar-refractivity contribution in [2.24, 2.45) is 0 Å². The van der Waals surface area contributed by atoms with Crippen molar-refractivity contribution < 1.29 is 15.0 Å². The minimum absolute atomic E-state index is 0.00452. The van der Waals surface area contributed by atoms with Gasteiger partial charge in [-0.3, -0.25) is 4.79 Å². The first-order valence-corrected chi connectivity index (χ1v) is 10.8. The summed E-state index contributed by atoms with van der Waals surface area (Å²) in [6, 6.07) is 9.57. The number of rotatable bonds is 5. The van der Waals surface area contributed by atoms with Crippen LogP contribution >= 0.6 is 0 Å². The zero-order chi connectivity index (χ0) is 21.5. The minimum Gasteiger partial charge on any atom is -0.394 e. The number of aliphatic hydroxyl groups is 2. The molecule has 31 heavy (non-hydrogen) atoms. The van der Waals surface area contributed by atoms with Gasteiger partial charge in [0.25, 0.3) is 5.91 Å². The molecule has 0 radical (unpaired) electrons. The Balaban J connectivity index is 1.49. The largest absolute Gasteiger partial charge is 0.394 e. The van der Waals surface area contributed by atoms with Crippen molar-refractivity contribution in [3.63, 3.8) is 0 Å². The third kappa shape index (κ3) is 3.45. The quantitative estimate of drug-likeness (QED) is 0.584. The molecule has 0 spiro atoms. The molecule has 0 aliphatic carbocycles. The van der Waals surface area contributed by atoms with Gasteiger partial charge in [-0.05, 0) is 43.7 Å². The number of nitrogens with zero attached hydrogens (tertiary/aromatic N) is 4. The molecule has 8 nitrogen and oxygen atoms in total. The SMILES string of the molecule is Cc1c(C(=O)N2[C@@H]3CC[C@H]2CC(O)C3)cn2ncnc(N[C@H](CO)c3ccccc3)c12. The van der Waals surface area contributed by atoms with Crippen LogP contribution in [-0.4, -0.2) is 60.4 Å². The fraction of sp³-hybridized carbons (Fsp3) is 0.435. The fourth-order valence-electron chi connectivity index (χ4n) is 5.19. The third-order valence-corrected chi connectivity index (χ3v) is 6.70. The van der Waals surface area contributed by atoms with Crippen molar-refractivity contribution in [1.29, 1.82) is 0 Å². The molecular formula is C23H27N5O3. The Morgan fingerprint density at radius 3 is 2.61 bits per heavy atom. The second kappa shape index (κ2) is 7.94. The van der Waals surface area contributed by atoms with E-state index in [0.717, 1.165) is 29.5 Å². The zero-order valence-electron chi connectivity index (χ0n) is 17.5. The molecule has 3 aromatic rings. The number of carbonyl (C=O) groups excluding carboxylic acids is 1. The number of aliphatic hydroxyl groups excluding tert-OH is 2. The summed E-state index contributed by atoms with van der Waals surface area (Å²) < 4.78 is 1.68. The minimum atomic E-state index is -0.326. The molecule has 5 rings (SSSR count). The average Bonchev–Trinajstić information content (AvgIpc) is 3.26. The van der Waals surface area contributed by atoms with Crippen LogP contribution in [0.2, 0.25) is 0 Å². The van der Waals surface area contributed by atoms with Crippen molar-refractivity contribution in [2.75, 3.05) is 11.9 Å². The van der Waals surface area contributed by atoms with Crippen LogP contribution in [0.4, 0.5) is 5.82 Å². The summed E-state index contributed by atoms with van der Waals surface area (Å²) in [6.45, 7) is 1.82. The molecule has 4 atom stereocenters. The van der Waals surface area contributed by atoms with Gasteiger partial charge >= 0.3 is 0 Å². The van der Waals surface area contributed by atoms with Crippen molar-refractivity contribution >= 4 is 17.2 Å². The maximum atomic E-state index is 13.5. The van der Waals surface area contributed by atoms with E-state index in [-0.39, 0.29) is 36.7 Å². The van der Waals surface area contributed by atoms with Crippen molar-refractivity contribution in [3.05, 3.63) is 59.5 Å². The van der Waals surface area contributed by atoms with E-state index in [4.69, 9.17) is 0 Å². The van der Waals surface area contributed by atoms with Gasteiger partial charge in [0.05, 0.1) is 24.3 Å². The predicted octanol–water partition coefficient (Wildman–Crippen LogP) is 2.31. The van der Waals surface area contributed by atoms with E-state index in [1.165, 1.54) is 6.33 Å². The van der Waals surface area contributed by atoms with Crippen LogP contribution in [0, 0.1) is 6.92 Å². The number of aryl methyl sites for hydroxylation is 1. The summed E-state index contributed by atoms with van der Waals surface area (Å²) in [7, 11) is 0. The molecule has 2 bridgehead atoms. The number of amides is 1. The van der Waals surface area contributed by atoms with Crippen LogP contribution in [0.25, 0.3) is 5.52 Å². The second-order valence-electron chi connectivity index (χ2n) is 8.58. The van der Waals surface area contributed by atoms with E-state index < -0.39 is 0 Å². The summed E-state index contributed by atoms with van der Waals surface area (Å²) in [5, 5.41) is 27.6. The number of hydrogen-bond donors (Lipinski definition) is 3. The van der Waals surface area contributed by atoms with E-state index in [0.29, 0.717) is 24.2 Å². The van der Waals surface area contributed by atoms with Crippen LogP contribution in [0.1, 0.15) is 53.2 Å². The summed E-state index contributed by atoms with van der Waals surface area (Å²) in [5.74, 6) is 0.571. The highest BCUT2D eigenvalue weighted by atomic mass is 16.3. The lowest BCUT2D eigenvalue weighted by atomic mass is 9.98. The van der Waals surface area contributed by atoms with E-state index in [9.17, 15) is 15.0 Å². The summed E-state index contributed by atoms with van der Waals surface area (Å²) in [4.78, 5) is 19.9. The first kappa shape index (κ1) is 20.0. The number of hydrogen-bond acceptors (Lipinski definition) is 6. The number of piperidine rings is 1. The van der Waals surface area contributed by atoms with Crippen LogP contribution < -0.4 is 5.32 Å². The Bertz CT molecular complexity index is 1090. The Morgan fingerprint density at radius 1 is 1.23 bits per heavy atom. The molecule has 2 aliphatic heterocycles. The zero-order valence-corrected chi connectivity index (χ0v) is 17.5. The lowest BCUT2D eigenvalue weighted by Crippen LogP contribution is -2.48. The Kier molecular flexibility index (Phi) is 5.11. The highest BCUT2D eigenvalue weighted by Gasteiger charge is 2.43. The Labute approximate surface area is 180 Å². The van der Waals surface area contributed by atoms with Crippen molar-refractivity contribution in [3.8, 4) is 0 Å².